The summed E-state index contributed by atoms with van der Waals surface area (Å²) in [4.78, 5) is 12.1. The number of carbonyl (C=O) groups excluding carboxylic acids is 1. The fourth-order valence-corrected chi connectivity index (χ4v) is 4.08. The summed E-state index contributed by atoms with van der Waals surface area (Å²) in [6.45, 7) is 0.755. The van der Waals surface area contributed by atoms with E-state index >= 15 is 0 Å². The molecule has 9 heteroatoms. The standard InChI is InChI=1S/C16H16Cl2N4O2S/c17-10-4-3-8(6-11(10)18)9-7-12(9)19-15(23)20-16-22-21-14(25-16)13-2-1-5-24-13/h3-4,6,9,12-13H,1-2,5,7H2,(H2,19,20,22,23)/t9-,12+,13+/m0/s1. The number of hydrogen-bond donors (Lipinski definition) is 2. The number of halogens is 2. The topological polar surface area (TPSA) is 76.1 Å². The molecule has 0 radical (unpaired) electrons. The Hall–Kier alpha value is -1.41. The first-order valence-corrected chi connectivity index (χ1v) is 9.65. The minimum absolute atomic E-state index is 0.0126. The number of anilines is 1. The van der Waals surface area contributed by atoms with Gasteiger partial charge in [-0.2, -0.15) is 0 Å². The van der Waals surface area contributed by atoms with Crippen LogP contribution in [0.3, 0.4) is 0 Å². The number of hydrogen-bond acceptors (Lipinski definition) is 5. The van der Waals surface area contributed by atoms with Gasteiger partial charge in [-0.05, 0) is 37.0 Å². The van der Waals surface area contributed by atoms with E-state index in [4.69, 9.17) is 27.9 Å². The molecule has 2 fully saturated rings. The lowest BCUT2D eigenvalue weighted by atomic mass is 10.1. The molecular formula is C16H16Cl2N4O2S. The number of carbonyl (C=O) groups is 1. The number of aromatic nitrogens is 2. The van der Waals surface area contributed by atoms with Crippen molar-refractivity contribution in [2.75, 3.05) is 11.9 Å². The molecule has 2 N–H and O–H groups in total. The van der Waals surface area contributed by atoms with E-state index in [0.29, 0.717) is 15.2 Å². The highest BCUT2D eigenvalue weighted by atomic mass is 35.5. The molecule has 0 unspecified atom stereocenters. The molecule has 132 valence electrons. The SMILES string of the molecule is O=C(Nc1nnc([C@H]2CCCO2)s1)N[C@@H]1C[C@H]1c1ccc(Cl)c(Cl)c1. The zero-order valence-electron chi connectivity index (χ0n) is 13.2. The van der Waals surface area contributed by atoms with Crippen LogP contribution >= 0.6 is 34.5 Å². The van der Waals surface area contributed by atoms with Gasteiger partial charge in [-0.25, -0.2) is 4.79 Å². The molecule has 6 nitrogen and oxygen atoms in total. The van der Waals surface area contributed by atoms with E-state index in [1.54, 1.807) is 6.07 Å². The maximum absolute atomic E-state index is 12.1. The quantitative estimate of drug-likeness (QED) is 0.801. The van der Waals surface area contributed by atoms with E-state index in [1.165, 1.54) is 11.3 Å². The van der Waals surface area contributed by atoms with Crippen LogP contribution in [0.1, 0.15) is 41.9 Å². The van der Waals surface area contributed by atoms with E-state index < -0.39 is 0 Å². The number of rotatable bonds is 4. The number of nitrogens with one attached hydrogen (secondary N) is 2. The Bertz CT molecular complexity index is 794. The molecular weight excluding hydrogens is 383 g/mol. The third-order valence-corrected chi connectivity index (χ3v) is 6.01. The maximum Gasteiger partial charge on any atom is 0.321 e. The van der Waals surface area contributed by atoms with E-state index in [-0.39, 0.29) is 24.1 Å². The number of amides is 2. The number of urea groups is 1. The first-order valence-electron chi connectivity index (χ1n) is 8.07. The van der Waals surface area contributed by atoms with Crippen molar-refractivity contribution in [3.05, 3.63) is 38.8 Å². The van der Waals surface area contributed by atoms with Gasteiger partial charge in [0.05, 0.1) is 10.0 Å². The fourth-order valence-electron chi connectivity index (χ4n) is 2.96. The monoisotopic (exact) mass is 398 g/mol. The summed E-state index contributed by atoms with van der Waals surface area (Å²) in [5.41, 5.74) is 1.08. The second-order valence-electron chi connectivity index (χ2n) is 6.17. The van der Waals surface area contributed by atoms with Crippen molar-refractivity contribution < 1.29 is 9.53 Å². The van der Waals surface area contributed by atoms with E-state index in [0.717, 1.165) is 36.4 Å². The van der Waals surface area contributed by atoms with Crippen molar-refractivity contribution >= 4 is 45.7 Å². The first-order chi connectivity index (χ1) is 12.1. The summed E-state index contributed by atoms with van der Waals surface area (Å²) in [5, 5.41) is 16.2. The van der Waals surface area contributed by atoms with Crippen molar-refractivity contribution in [2.45, 2.75) is 37.3 Å². The lowest BCUT2D eigenvalue weighted by Crippen LogP contribution is -2.31. The van der Waals surface area contributed by atoms with Crippen molar-refractivity contribution in [1.29, 1.82) is 0 Å². The Morgan fingerprint density at radius 1 is 1.28 bits per heavy atom. The van der Waals surface area contributed by atoms with Gasteiger partial charge in [-0.1, -0.05) is 40.6 Å². The van der Waals surface area contributed by atoms with Crippen LogP contribution in [0.4, 0.5) is 9.93 Å². The summed E-state index contributed by atoms with van der Waals surface area (Å²) in [5.74, 6) is 0.261. The Morgan fingerprint density at radius 2 is 2.16 bits per heavy atom. The Labute approximate surface area is 158 Å². The Morgan fingerprint density at radius 3 is 2.92 bits per heavy atom. The summed E-state index contributed by atoms with van der Waals surface area (Å²) in [7, 11) is 0. The highest BCUT2D eigenvalue weighted by Crippen LogP contribution is 2.42. The van der Waals surface area contributed by atoms with Crippen LogP contribution in [0.25, 0.3) is 0 Å². The average Bonchev–Trinajstić information content (AvgIpc) is 3.00. The van der Waals surface area contributed by atoms with E-state index in [9.17, 15) is 4.79 Å². The second kappa shape index (κ2) is 7.07. The Balaban J connectivity index is 1.30. The number of ether oxygens (including phenoxy) is 1. The third kappa shape index (κ3) is 3.89. The second-order valence-corrected chi connectivity index (χ2v) is 7.99. The van der Waals surface area contributed by atoms with Crippen molar-refractivity contribution in [2.24, 2.45) is 0 Å². The normalized spacial score (nSPS) is 25.0. The molecule has 4 rings (SSSR count). The van der Waals surface area contributed by atoms with Gasteiger partial charge < -0.3 is 10.1 Å². The predicted octanol–water partition coefficient (Wildman–Crippen LogP) is 4.37. The minimum Gasteiger partial charge on any atom is -0.371 e. The van der Waals surface area contributed by atoms with Gasteiger partial charge in [0.1, 0.15) is 11.1 Å². The molecule has 2 amide bonds. The molecule has 2 aromatic rings. The van der Waals surface area contributed by atoms with Gasteiger partial charge in [-0.3, -0.25) is 5.32 Å². The highest BCUT2D eigenvalue weighted by molar-refractivity contribution is 7.15. The molecule has 2 heterocycles. The van der Waals surface area contributed by atoms with Crippen LogP contribution < -0.4 is 10.6 Å². The summed E-state index contributed by atoms with van der Waals surface area (Å²) in [6.07, 6.45) is 2.88. The molecule has 1 aliphatic carbocycles. The van der Waals surface area contributed by atoms with Crippen LogP contribution in [0.2, 0.25) is 10.0 Å². The van der Waals surface area contributed by atoms with E-state index in [1.807, 2.05) is 12.1 Å². The summed E-state index contributed by atoms with van der Waals surface area (Å²) >= 11 is 13.3. The van der Waals surface area contributed by atoms with Gasteiger partial charge in [0.15, 0.2) is 0 Å². The largest absolute Gasteiger partial charge is 0.371 e. The van der Waals surface area contributed by atoms with Crippen molar-refractivity contribution in [1.82, 2.24) is 15.5 Å². The molecule has 0 bridgehead atoms. The molecule has 1 aromatic carbocycles. The average molecular weight is 399 g/mol. The lowest BCUT2D eigenvalue weighted by molar-refractivity contribution is 0.111. The van der Waals surface area contributed by atoms with Crippen LogP contribution in [0.15, 0.2) is 18.2 Å². The highest BCUT2D eigenvalue weighted by Gasteiger charge is 2.39. The van der Waals surface area contributed by atoms with Crippen molar-refractivity contribution in [3.8, 4) is 0 Å². The van der Waals surface area contributed by atoms with Gasteiger partial charge >= 0.3 is 6.03 Å². The first kappa shape index (κ1) is 17.0. The van der Waals surface area contributed by atoms with Gasteiger partial charge in [0.25, 0.3) is 0 Å². The fraction of sp³-hybridized carbons (Fsp3) is 0.438. The molecule has 1 aromatic heterocycles. The van der Waals surface area contributed by atoms with Gasteiger partial charge in [0.2, 0.25) is 5.13 Å². The van der Waals surface area contributed by atoms with Crippen molar-refractivity contribution in [3.63, 3.8) is 0 Å². The van der Waals surface area contributed by atoms with Crippen LogP contribution in [0.5, 0.6) is 0 Å². The maximum atomic E-state index is 12.1. The van der Waals surface area contributed by atoms with Crippen LogP contribution in [-0.2, 0) is 4.74 Å². The van der Waals surface area contributed by atoms with E-state index in [2.05, 4.69) is 20.8 Å². The van der Waals surface area contributed by atoms with Crippen LogP contribution in [0, 0.1) is 0 Å². The number of nitrogens with zero attached hydrogens (tertiary/aromatic N) is 2. The van der Waals surface area contributed by atoms with Gasteiger partial charge in [0, 0.05) is 18.6 Å². The lowest BCUT2D eigenvalue weighted by Gasteiger charge is -2.06. The molecule has 1 saturated heterocycles. The molecule has 1 aliphatic heterocycles. The molecule has 2 aliphatic rings. The molecule has 1 saturated carbocycles. The Kier molecular flexibility index (Phi) is 4.82. The molecule has 3 atom stereocenters. The van der Waals surface area contributed by atoms with Crippen LogP contribution in [-0.4, -0.2) is 28.9 Å². The zero-order chi connectivity index (χ0) is 17.4. The van der Waals surface area contributed by atoms with Gasteiger partial charge in [-0.15, -0.1) is 10.2 Å². The molecule has 25 heavy (non-hydrogen) atoms. The smallest absolute Gasteiger partial charge is 0.321 e. The summed E-state index contributed by atoms with van der Waals surface area (Å²) < 4.78 is 5.57. The predicted molar refractivity (Wildman–Crippen MR) is 97.6 cm³/mol. The third-order valence-electron chi connectivity index (χ3n) is 4.34. The molecule has 0 spiro atoms. The minimum atomic E-state index is -0.275. The summed E-state index contributed by atoms with van der Waals surface area (Å²) in [6, 6.07) is 5.39. The number of benzene rings is 1. The zero-order valence-corrected chi connectivity index (χ0v) is 15.5.